The molecule has 0 aromatic carbocycles. The van der Waals surface area contributed by atoms with Gasteiger partial charge in [0, 0.05) is 40.7 Å². The zero-order valence-electron chi connectivity index (χ0n) is 32.3. The fraction of sp³-hybridized carbons (Fsp3) is 0.622. The highest BCUT2D eigenvalue weighted by atomic mass is 32.1. The fourth-order valence-corrected chi connectivity index (χ4v) is 4.62. The average Bonchev–Trinajstić information content (AvgIpc) is 3.92. The van der Waals surface area contributed by atoms with Crippen LogP contribution in [-0.4, -0.2) is 50.0 Å². The van der Waals surface area contributed by atoms with Gasteiger partial charge in [-0.1, -0.05) is 107 Å². The van der Waals surface area contributed by atoms with Crippen LogP contribution >= 0.6 is 23.6 Å². The fourth-order valence-electron chi connectivity index (χ4n) is 3.68. The molecule has 0 aliphatic carbocycles. The summed E-state index contributed by atoms with van der Waals surface area (Å²) in [6.07, 6.45) is 5.31. The van der Waals surface area contributed by atoms with E-state index in [1.54, 1.807) is 6.26 Å². The van der Waals surface area contributed by atoms with Crippen molar-refractivity contribution >= 4 is 34.3 Å². The van der Waals surface area contributed by atoms with Gasteiger partial charge in [0.1, 0.15) is 10.7 Å². The van der Waals surface area contributed by atoms with E-state index in [0.29, 0.717) is 47.3 Å². The van der Waals surface area contributed by atoms with Crippen molar-refractivity contribution in [3.8, 4) is 0 Å². The third-order valence-electron chi connectivity index (χ3n) is 7.21. The van der Waals surface area contributed by atoms with Crippen molar-refractivity contribution in [2.24, 2.45) is 16.9 Å². The van der Waals surface area contributed by atoms with E-state index in [0.717, 1.165) is 30.4 Å². The Bertz CT molecular complexity index is 1240. The van der Waals surface area contributed by atoms with E-state index >= 15 is 0 Å². The number of hydrogen-bond acceptors (Lipinski definition) is 12. The lowest BCUT2D eigenvalue weighted by molar-refractivity contribution is -0.172. The first-order chi connectivity index (χ1) is 23.6. The van der Waals surface area contributed by atoms with Crippen molar-refractivity contribution in [2.45, 2.75) is 126 Å². The Morgan fingerprint density at radius 2 is 1.46 bits per heavy atom. The van der Waals surface area contributed by atoms with Gasteiger partial charge in [0.05, 0.1) is 19.5 Å². The Balaban J connectivity index is 0.000000300. The number of thiocarbonyl (C=S) groups is 1. The van der Waals surface area contributed by atoms with E-state index in [9.17, 15) is 0 Å². The van der Waals surface area contributed by atoms with Crippen LogP contribution in [0.1, 0.15) is 143 Å². The topological polar surface area (TPSA) is 134 Å². The lowest BCUT2D eigenvalue weighted by Crippen LogP contribution is -2.31. The normalized spacial score (nSPS) is 14.5. The molecule has 50 heavy (non-hydrogen) atoms. The maximum Gasteiger partial charge on any atom is 0.228 e. The quantitative estimate of drug-likeness (QED) is 0.190. The maximum absolute atomic E-state index is 5.38. The Kier molecular flexibility index (Phi) is 21.5. The van der Waals surface area contributed by atoms with Crippen LogP contribution in [0.5, 0.6) is 0 Å². The summed E-state index contributed by atoms with van der Waals surface area (Å²) in [5, 5.41) is 16.8. The molecule has 1 N–H and O–H groups in total. The van der Waals surface area contributed by atoms with Crippen LogP contribution in [0.2, 0.25) is 0 Å². The van der Waals surface area contributed by atoms with Gasteiger partial charge in [-0.3, -0.25) is 5.43 Å². The van der Waals surface area contributed by atoms with Gasteiger partial charge in [-0.15, -0.1) is 21.5 Å². The summed E-state index contributed by atoms with van der Waals surface area (Å²) in [5.74, 6) is 5.04. The van der Waals surface area contributed by atoms with Crippen molar-refractivity contribution in [3.63, 3.8) is 0 Å². The Morgan fingerprint density at radius 1 is 0.800 bits per heavy atom. The lowest BCUT2D eigenvalue weighted by Gasteiger charge is -2.26. The Labute approximate surface area is 309 Å². The van der Waals surface area contributed by atoms with Crippen molar-refractivity contribution < 1.29 is 22.8 Å². The molecule has 4 aromatic rings. The smallest absolute Gasteiger partial charge is 0.228 e. The van der Waals surface area contributed by atoms with E-state index in [1.165, 1.54) is 23.3 Å². The molecule has 280 valence electrons. The van der Waals surface area contributed by atoms with Crippen LogP contribution in [0.15, 0.2) is 67.1 Å². The minimum absolute atomic E-state index is 0.306. The molecule has 11 nitrogen and oxygen atoms in total. The molecule has 13 heteroatoms. The largest absolute Gasteiger partial charge is 0.469 e. The molecule has 0 amide bonds. The van der Waals surface area contributed by atoms with Crippen molar-refractivity contribution in [1.29, 1.82) is 0 Å². The molecular weight excluding hydrogens is 673 g/mol. The Hall–Kier alpha value is -3.26. The first-order valence-corrected chi connectivity index (χ1v) is 18.6. The highest BCUT2D eigenvalue weighted by Crippen LogP contribution is 2.26. The van der Waals surface area contributed by atoms with E-state index in [-0.39, 0.29) is 5.79 Å². The highest BCUT2D eigenvalue weighted by Gasteiger charge is 2.34. The minimum Gasteiger partial charge on any atom is -0.469 e. The van der Waals surface area contributed by atoms with Gasteiger partial charge in [-0.2, -0.15) is 10.1 Å². The number of ether oxygens (including phenoxy) is 2. The van der Waals surface area contributed by atoms with Crippen molar-refractivity contribution in [1.82, 2.24) is 25.8 Å². The molecule has 0 atom stereocenters. The summed E-state index contributed by atoms with van der Waals surface area (Å²) < 4.78 is 25.5. The van der Waals surface area contributed by atoms with E-state index < -0.39 is 0 Å². The van der Waals surface area contributed by atoms with Gasteiger partial charge in [-0.25, -0.2) is 0 Å². The van der Waals surface area contributed by atoms with Crippen molar-refractivity contribution in [2.75, 3.05) is 13.2 Å². The van der Waals surface area contributed by atoms with Gasteiger partial charge >= 0.3 is 0 Å². The molecule has 6 heterocycles. The SMILES string of the molecule is CC(C)C1(C)OCCO1.CC(C)C1=NNC(=S)C1.CC(C)c1ccco1.CC(C)c1cccs1.CC(C)c1ncno1.CC(C)c1nnco1. The second kappa shape index (κ2) is 24.0. The number of hydrogen-bond donors (Lipinski definition) is 1. The van der Waals surface area contributed by atoms with Crippen LogP contribution in [0.25, 0.3) is 0 Å². The lowest BCUT2D eigenvalue weighted by atomic mass is 10.1. The predicted octanol–water partition coefficient (Wildman–Crippen LogP) is 10.4. The zero-order chi connectivity index (χ0) is 37.7. The number of thiophene rings is 1. The highest BCUT2D eigenvalue weighted by molar-refractivity contribution is 7.80. The molecule has 1 fully saturated rings. The molecule has 2 aliphatic heterocycles. The van der Waals surface area contributed by atoms with Crippen molar-refractivity contribution in [3.05, 3.63) is 71.0 Å². The molecular formula is C37H60N6O5S2. The summed E-state index contributed by atoms with van der Waals surface area (Å²) in [4.78, 5) is 6.16. The number of nitrogens with zero attached hydrogens (tertiary/aromatic N) is 5. The standard InChI is InChI=1S/C7H14O2.C7H10O.C7H10S.C6H10N2S.2C5H8N2O/c1-6(2)7(3)8-4-5-9-7;2*1-6(2)7-4-3-5-8-7;1-4(2)5-3-6(9)8-7-5;1-4(2)5-7-6-3-8-5;1-4(2)5-6-3-7-8-5/h6H,4-5H2,1-3H3;2*3-6H,1-2H3;4H,3H2,1-2H3,(H,8,9);2*3-4H,1-2H3. The molecule has 2 aliphatic rings. The van der Waals surface area contributed by atoms with Crippen LogP contribution in [0.3, 0.4) is 0 Å². The Morgan fingerprint density at radius 3 is 1.70 bits per heavy atom. The van der Waals surface area contributed by atoms with Crippen LogP contribution < -0.4 is 5.43 Å². The third-order valence-corrected chi connectivity index (χ3v) is 8.62. The minimum atomic E-state index is -0.306. The average molecular weight is 733 g/mol. The van der Waals surface area contributed by atoms with Gasteiger partial charge in [0.25, 0.3) is 0 Å². The predicted molar refractivity (Wildman–Crippen MR) is 206 cm³/mol. The van der Waals surface area contributed by atoms with E-state index in [2.05, 4.69) is 104 Å². The van der Waals surface area contributed by atoms with Gasteiger partial charge < -0.3 is 22.8 Å². The molecule has 0 bridgehead atoms. The molecule has 1 saturated heterocycles. The summed E-state index contributed by atoms with van der Waals surface area (Å²) in [5.41, 5.74) is 3.94. The molecule has 0 saturated carbocycles. The molecule has 4 aromatic heterocycles. The number of hydrazone groups is 1. The second-order valence-corrected chi connectivity index (χ2v) is 15.0. The number of rotatable bonds is 6. The molecule has 0 radical (unpaired) electrons. The van der Waals surface area contributed by atoms with Gasteiger partial charge in [-0.05, 0) is 42.3 Å². The second-order valence-electron chi connectivity index (χ2n) is 13.5. The van der Waals surface area contributed by atoms with Gasteiger partial charge in [0.2, 0.25) is 18.2 Å². The number of nitrogens with one attached hydrogen (secondary N) is 1. The zero-order valence-corrected chi connectivity index (χ0v) is 33.9. The summed E-state index contributed by atoms with van der Waals surface area (Å²) in [6, 6.07) is 8.18. The molecule has 0 spiro atoms. The summed E-state index contributed by atoms with van der Waals surface area (Å²) >= 11 is 6.72. The van der Waals surface area contributed by atoms with Crippen LogP contribution in [0, 0.1) is 11.8 Å². The molecule has 6 rings (SSSR count). The van der Waals surface area contributed by atoms with Crippen LogP contribution in [-0.2, 0) is 9.47 Å². The maximum atomic E-state index is 5.38. The monoisotopic (exact) mass is 732 g/mol. The number of furan rings is 1. The molecule has 0 unspecified atom stereocenters. The van der Waals surface area contributed by atoms with E-state index in [1.807, 2.05) is 58.1 Å². The first-order valence-electron chi connectivity index (χ1n) is 17.3. The number of aromatic nitrogens is 4. The first kappa shape index (κ1) is 44.8. The van der Waals surface area contributed by atoms with Gasteiger partial charge in [0.15, 0.2) is 12.1 Å². The van der Waals surface area contributed by atoms with Crippen LogP contribution in [0.4, 0.5) is 0 Å². The summed E-state index contributed by atoms with van der Waals surface area (Å²) in [7, 11) is 0. The van der Waals surface area contributed by atoms with E-state index in [4.69, 9.17) is 35.0 Å². The summed E-state index contributed by atoms with van der Waals surface area (Å²) in [6.45, 7) is 28.6. The third kappa shape index (κ3) is 18.1.